The molecule has 3 N–H and O–H groups in total. The van der Waals surface area contributed by atoms with E-state index in [4.69, 9.17) is 4.74 Å². The van der Waals surface area contributed by atoms with Gasteiger partial charge in [-0.3, -0.25) is 4.79 Å². The Kier molecular flexibility index (Phi) is 6.23. The average Bonchev–Trinajstić information content (AvgIpc) is 3.66. The predicted molar refractivity (Wildman–Crippen MR) is 128 cm³/mol. The molecule has 2 aliphatic carbocycles. The van der Waals surface area contributed by atoms with E-state index >= 15 is 0 Å². The van der Waals surface area contributed by atoms with Crippen LogP contribution in [-0.2, 0) is 14.3 Å². The fraction of sp³-hybridized carbons (Fsp3) is 0.444. The van der Waals surface area contributed by atoms with Crippen molar-refractivity contribution in [2.75, 3.05) is 19.7 Å². The molecule has 3 aliphatic rings. The van der Waals surface area contributed by atoms with E-state index in [2.05, 4.69) is 29.6 Å². The molecule has 1 saturated heterocycles. The number of carbonyl (C=O) groups is 3. The van der Waals surface area contributed by atoms with Crippen LogP contribution in [0, 0.1) is 5.92 Å². The second-order valence-electron chi connectivity index (χ2n) is 9.84. The molecule has 0 aromatic heterocycles. The normalized spacial score (nSPS) is 19.4. The standard InChI is InChI=1S/C27H30N2O6/c30-24(29-13-11-27(34,12-14-29)25(31)32)15-23(17-9-10-17)28-26(33)35-16-22-20-7-3-1-5-18(20)19-6-2-4-8-21(19)22/h1-8,17,22-23,34H,9-16H2,(H,28,33)(H,31,32). The maximum Gasteiger partial charge on any atom is 0.407 e. The molecule has 8 nitrogen and oxygen atoms in total. The number of fused-ring (bicyclic) bond motifs is 3. The first-order valence-corrected chi connectivity index (χ1v) is 12.2. The van der Waals surface area contributed by atoms with Crippen molar-refractivity contribution in [2.45, 2.75) is 49.7 Å². The Morgan fingerprint density at radius 1 is 1.00 bits per heavy atom. The summed E-state index contributed by atoms with van der Waals surface area (Å²) in [6.45, 7) is 0.582. The van der Waals surface area contributed by atoms with Gasteiger partial charge in [-0.1, -0.05) is 48.5 Å². The SMILES string of the molecule is O=C(NC(CC(=O)N1CCC(O)(C(=O)O)CC1)C1CC1)OCC1c2ccccc2-c2ccccc21. The van der Waals surface area contributed by atoms with Gasteiger partial charge in [0.05, 0.1) is 0 Å². The Labute approximate surface area is 203 Å². The van der Waals surface area contributed by atoms with E-state index in [0.717, 1.165) is 35.1 Å². The third-order valence-corrected chi connectivity index (χ3v) is 7.57. The summed E-state index contributed by atoms with van der Waals surface area (Å²) < 4.78 is 5.66. The number of nitrogens with one attached hydrogen (secondary N) is 1. The molecule has 2 amide bonds. The fourth-order valence-electron chi connectivity index (χ4n) is 5.28. The number of rotatable bonds is 7. The van der Waals surface area contributed by atoms with Gasteiger partial charge in [0.25, 0.3) is 0 Å². The zero-order valence-electron chi connectivity index (χ0n) is 19.5. The van der Waals surface area contributed by atoms with E-state index in [1.165, 1.54) is 0 Å². The Bertz CT molecular complexity index is 1090. The summed E-state index contributed by atoms with van der Waals surface area (Å²) in [4.78, 5) is 38.4. The summed E-state index contributed by atoms with van der Waals surface area (Å²) in [7, 11) is 0. The fourth-order valence-corrected chi connectivity index (χ4v) is 5.28. The van der Waals surface area contributed by atoms with Crippen LogP contribution in [0.1, 0.15) is 49.1 Å². The first-order valence-electron chi connectivity index (χ1n) is 12.2. The molecule has 1 atom stereocenters. The van der Waals surface area contributed by atoms with Crippen molar-refractivity contribution in [3.05, 3.63) is 59.7 Å². The lowest BCUT2D eigenvalue weighted by atomic mass is 9.91. The molecule has 2 aromatic rings. The number of ether oxygens (including phenoxy) is 1. The molecular weight excluding hydrogens is 448 g/mol. The van der Waals surface area contributed by atoms with Crippen LogP contribution in [0.2, 0.25) is 0 Å². The van der Waals surface area contributed by atoms with Crippen LogP contribution in [0.25, 0.3) is 11.1 Å². The number of hydrogen-bond donors (Lipinski definition) is 3. The zero-order valence-corrected chi connectivity index (χ0v) is 19.5. The second-order valence-corrected chi connectivity index (χ2v) is 9.84. The van der Waals surface area contributed by atoms with Gasteiger partial charge in [-0.05, 0) is 41.0 Å². The van der Waals surface area contributed by atoms with Crippen LogP contribution in [-0.4, -0.2) is 64.4 Å². The van der Waals surface area contributed by atoms with Gasteiger partial charge in [0, 0.05) is 44.3 Å². The number of benzene rings is 2. The minimum Gasteiger partial charge on any atom is -0.479 e. The summed E-state index contributed by atoms with van der Waals surface area (Å²) in [5, 5.41) is 22.2. The molecule has 0 radical (unpaired) electrons. The van der Waals surface area contributed by atoms with Gasteiger partial charge in [-0.15, -0.1) is 0 Å². The number of nitrogens with zero attached hydrogens (tertiary/aromatic N) is 1. The third-order valence-electron chi connectivity index (χ3n) is 7.57. The van der Waals surface area contributed by atoms with E-state index in [1.54, 1.807) is 4.90 Å². The highest BCUT2D eigenvalue weighted by molar-refractivity contribution is 5.81. The molecule has 0 bridgehead atoms. The lowest BCUT2D eigenvalue weighted by Crippen LogP contribution is -2.52. The van der Waals surface area contributed by atoms with Crippen molar-refractivity contribution < 1.29 is 29.3 Å². The summed E-state index contributed by atoms with van der Waals surface area (Å²) in [6.07, 6.45) is 1.50. The Hall–Kier alpha value is -3.39. The van der Waals surface area contributed by atoms with Gasteiger partial charge in [0.1, 0.15) is 6.61 Å². The van der Waals surface area contributed by atoms with Crippen molar-refractivity contribution in [1.29, 1.82) is 0 Å². The lowest BCUT2D eigenvalue weighted by molar-refractivity contribution is -0.165. The number of alkyl carbamates (subject to hydrolysis) is 1. The third kappa shape index (κ3) is 4.75. The number of aliphatic carboxylic acids is 1. The van der Waals surface area contributed by atoms with Crippen molar-refractivity contribution in [3.8, 4) is 11.1 Å². The molecule has 2 fully saturated rings. The number of likely N-dealkylation sites (tertiary alicyclic amines) is 1. The maximum absolute atomic E-state index is 12.8. The molecule has 184 valence electrons. The monoisotopic (exact) mass is 478 g/mol. The van der Waals surface area contributed by atoms with E-state index in [1.807, 2.05) is 24.3 Å². The quantitative estimate of drug-likeness (QED) is 0.563. The van der Waals surface area contributed by atoms with Gasteiger partial charge < -0.3 is 25.2 Å². The summed E-state index contributed by atoms with van der Waals surface area (Å²) >= 11 is 0. The molecule has 1 heterocycles. The number of aliphatic hydroxyl groups is 1. The smallest absolute Gasteiger partial charge is 0.407 e. The van der Waals surface area contributed by atoms with E-state index in [-0.39, 0.29) is 62.7 Å². The largest absolute Gasteiger partial charge is 0.479 e. The van der Waals surface area contributed by atoms with Gasteiger partial charge in [0.2, 0.25) is 5.91 Å². The first-order chi connectivity index (χ1) is 16.9. The molecular formula is C27H30N2O6. The van der Waals surface area contributed by atoms with Crippen molar-refractivity contribution in [1.82, 2.24) is 10.2 Å². The summed E-state index contributed by atoms with van der Waals surface area (Å²) in [5.74, 6) is -1.19. The number of carbonyl (C=O) groups excluding carboxylic acids is 2. The highest BCUT2D eigenvalue weighted by atomic mass is 16.5. The molecule has 35 heavy (non-hydrogen) atoms. The topological polar surface area (TPSA) is 116 Å². The van der Waals surface area contributed by atoms with Crippen LogP contribution in [0.15, 0.2) is 48.5 Å². The Morgan fingerprint density at radius 2 is 1.57 bits per heavy atom. The van der Waals surface area contributed by atoms with Crippen LogP contribution in [0.5, 0.6) is 0 Å². The van der Waals surface area contributed by atoms with Gasteiger partial charge >= 0.3 is 12.1 Å². The minimum atomic E-state index is -1.77. The summed E-state index contributed by atoms with van der Waals surface area (Å²) in [5.41, 5.74) is 2.83. The van der Waals surface area contributed by atoms with Crippen LogP contribution >= 0.6 is 0 Å². The molecule has 2 aromatic carbocycles. The molecule has 8 heteroatoms. The highest BCUT2D eigenvalue weighted by Crippen LogP contribution is 2.44. The number of piperidine rings is 1. The van der Waals surface area contributed by atoms with Crippen LogP contribution in [0.3, 0.4) is 0 Å². The molecule has 1 unspecified atom stereocenters. The lowest BCUT2D eigenvalue weighted by Gasteiger charge is -2.36. The van der Waals surface area contributed by atoms with Gasteiger partial charge in [-0.25, -0.2) is 9.59 Å². The van der Waals surface area contributed by atoms with E-state index in [9.17, 15) is 24.6 Å². The van der Waals surface area contributed by atoms with E-state index < -0.39 is 17.7 Å². The van der Waals surface area contributed by atoms with Crippen LogP contribution < -0.4 is 5.32 Å². The minimum absolute atomic E-state index is 0.00196. The number of amides is 2. The maximum atomic E-state index is 12.8. The van der Waals surface area contributed by atoms with E-state index in [0.29, 0.717) is 0 Å². The van der Waals surface area contributed by atoms with Crippen molar-refractivity contribution in [3.63, 3.8) is 0 Å². The highest BCUT2D eigenvalue weighted by Gasteiger charge is 2.42. The van der Waals surface area contributed by atoms with Crippen molar-refractivity contribution in [2.24, 2.45) is 5.92 Å². The molecule has 5 rings (SSSR count). The predicted octanol–water partition coefficient (Wildman–Crippen LogP) is 3.13. The van der Waals surface area contributed by atoms with Gasteiger partial charge in [0.15, 0.2) is 5.60 Å². The summed E-state index contributed by atoms with van der Waals surface area (Å²) in [6, 6.07) is 16.0. The molecule has 1 saturated carbocycles. The van der Waals surface area contributed by atoms with Crippen molar-refractivity contribution >= 4 is 18.0 Å². The Morgan fingerprint density at radius 3 is 2.11 bits per heavy atom. The first kappa shape index (κ1) is 23.4. The Balaban J connectivity index is 1.17. The number of carboxylic acids is 1. The van der Waals surface area contributed by atoms with Crippen LogP contribution in [0.4, 0.5) is 4.79 Å². The molecule has 0 spiro atoms. The average molecular weight is 479 g/mol. The number of hydrogen-bond acceptors (Lipinski definition) is 5. The number of carboxylic acid groups (broad SMARTS) is 1. The van der Waals surface area contributed by atoms with Gasteiger partial charge in [-0.2, -0.15) is 0 Å². The molecule has 1 aliphatic heterocycles. The zero-order chi connectivity index (χ0) is 24.6. The second kappa shape index (κ2) is 9.34.